The molecule has 30 heavy (non-hydrogen) atoms. The fourth-order valence-corrected chi connectivity index (χ4v) is 4.02. The molecule has 3 aromatic heterocycles. The van der Waals surface area contributed by atoms with Gasteiger partial charge in [0.2, 0.25) is 11.9 Å². The second kappa shape index (κ2) is 8.84. The number of esters is 1. The number of methoxy groups -OCH3 is 1. The van der Waals surface area contributed by atoms with Gasteiger partial charge in [-0.1, -0.05) is 12.1 Å². The molecular weight excluding hydrogens is 424 g/mol. The molecule has 0 radical (unpaired) electrons. The van der Waals surface area contributed by atoms with Crippen molar-refractivity contribution in [2.75, 3.05) is 18.2 Å². The molecule has 9 nitrogen and oxygen atoms in total. The lowest BCUT2D eigenvalue weighted by Gasteiger charge is -2.10. The van der Waals surface area contributed by atoms with Crippen molar-refractivity contribution in [2.45, 2.75) is 6.61 Å². The van der Waals surface area contributed by atoms with E-state index < -0.39 is 5.97 Å². The summed E-state index contributed by atoms with van der Waals surface area (Å²) in [7, 11) is 1.56. The van der Waals surface area contributed by atoms with Crippen LogP contribution in [-0.2, 0) is 11.3 Å². The maximum atomic E-state index is 12.3. The van der Waals surface area contributed by atoms with Gasteiger partial charge < -0.3 is 20.5 Å². The number of anilines is 3. The number of nitrogens with one attached hydrogen (secondary N) is 1. The molecule has 0 saturated heterocycles. The van der Waals surface area contributed by atoms with Gasteiger partial charge in [-0.15, -0.1) is 11.3 Å². The molecule has 0 aliphatic rings. The molecule has 0 aliphatic carbocycles. The lowest BCUT2D eigenvalue weighted by Crippen LogP contribution is -2.11. The Morgan fingerprint density at radius 3 is 2.80 bits per heavy atom. The van der Waals surface area contributed by atoms with Gasteiger partial charge in [0.05, 0.1) is 12.8 Å². The number of rotatable bonds is 7. The van der Waals surface area contributed by atoms with Gasteiger partial charge in [0.1, 0.15) is 10.8 Å². The third-order valence-corrected chi connectivity index (χ3v) is 5.44. The zero-order valence-electron chi connectivity index (χ0n) is 15.7. The summed E-state index contributed by atoms with van der Waals surface area (Å²) in [6.07, 6.45) is 0. The number of hydrogen-bond donors (Lipinski definition) is 2. The number of thiophene rings is 1. The standard InChI is InChI=1S/C19H16N6O3S2/c1-27-14-5-3-2-4-12(14)22-19-24-15(23-18(20)25-19)8-28-17(26)13-10-30-16(21-13)11-6-7-29-9-11/h2-7,9-10H,8H2,1H3,(H3,20,22,23,24,25). The van der Waals surface area contributed by atoms with E-state index >= 15 is 0 Å². The fraction of sp³-hybridized carbons (Fsp3) is 0.105. The van der Waals surface area contributed by atoms with Crippen molar-refractivity contribution in [3.8, 4) is 16.3 Å². The number of carbonyl (C=O) groups excluding carboxylic acids is 1. The summed E-state index contributed by atoms with van der Waals surface area (Å²) in [6.45, 7) is -0.169. The second-order valence-electron chi connectivity index (χ2n) is 5.88. The predicted molar refractivity (Wildman–Crippen MR) is 115 cm³/mol. The molecular formula is C19H16N6O3S2. The SMILES string of the molecule is COc1ccccc1Nc1nc(N)nc(COC(=O)c2csc(-c3ccsc3)n2)n1. The van der Waals surface area contributed by atoms with Gasteiger partial charge in [-0.05, 0) is 23.6 Å². The van der Waals surface area contributed by atoms with Crippen molar-refractivity contribution in [1.29, 1.82) is 0 Å². The summed E-state index contributed by atoms with van der Waals surface area (Å²) in [4.78, 5) is 29.0. The molecule has 0 spiro atoms. The van der Waals surface area contributed by atoms with Crippen LogP contribution in [0.15, 0.2) is 46.5 Å². The Balaban J connectivity index is 1.44. The van der Waals surface area contributed by atoms with Gasteiger partial charge in [-0.25, -0.2) is 9.78 Å². The molecule has 0 aliphatic heterocycles. The van der Waals surface area contributed by atoms with Gasteiger partial charge in [0, 0.05) is 16.3 Å². The highest BCUT2D eigenvalue weighted by molar-refractivity contribution is 7.14. The number of ether oxygens (including phenoxy) is 2. The highest BCUT2D eigenvalue weighted by Crippen LogP contribution is 2.27. The topological polar surface area (TPSA) is 125 Å². The molecule has 4 rings (SSSR count). The summed E-state index contributed by atoms with van der Waals surface area (Å²) in [5.74, 6) is 0.482. The van der Waals surface area contributed by atoms with Crippen LogP contribution in [-0.4, -0.2) is 33.0 Å². The summed E-state index contributed by atoms with van der Waals surface area (Å²) in [5, 5.41) is 9.37. The quantitative estimate of drug-likeness (QED) is 0.413. The largest absolute Gasteiger partial charge is 0.495 e. The predicted octanol–water partition coefficient (Wildman–Crippen LogP) is 3.75. The summed E-state index contributed by atoms with van der Waals surface area (Å²) >= 11 is 2.95. The van der Waals surface area contributed by atoms with Crippen molar-refractivity contribution in [2.24, 2.45) is 0 Å². The van der Waals surface area contributed by atoms with Crippen molar-refractivity contribution < 1.29 is 14.3 Å². The molecule has 0 unspecified atom stereocenters. The van der Waals surface area contributed by atoms with Crippen LogP contribution in [0.2, 0.25) is 0 Å². The second-order valence-corrected chi connectivity index (χ2v) is 7.52. The molecule has 0 fully saturated rings. The number of thiazole rings is 1. The van der Waals surface area contributed by atoms with Crippen molar-refractivity contribution in [3.63, 3.8) is 0 Å². The van der Waals surface area contributed by atoms with E-state index in [1.54, 1.807) is 29.9 Å². The highest BCUT2D eigenvalue weighted by atomic mass is 32.1. The Kier molecular flexibility index (Phi) is 5.82. The van der Waals surface area contributed by atoms with Gasteiger partial charge in [-0.2, -0.15) is 26.3 Å². The summed E-state index contributed by atoms with van der Waals surface area (Å²) in [5.41, 5.74) is 7.64. The van der Waals surface area contributed by atoms with Crippen molar-refractivity contribution in [3.05, 3.63) is 58.0 Å². The normalized spacial score (nSPS) is 10.6. The Morgan fingerprint density at radius 1 is 1.13 bits per heavy atom. The fourth-order valence-electron chi connectivity index (χ4n) is 2.52. The zero-order valence-corrected chi connectivity index (χ0v) is 17.4. The van der Waals surface area contributed by atoms with Crippen LogP contribution in [0.3, 0.4) is 0 Å². The lowest BCUT2D eigenvalue weighted by atomic mass is 10.3. The van der Waals surface area contributed by atoms with Crippen LogP contribution in [0, 0.1) is 0 Å². The Bertz CT molecular complexity index is 1160. The van der Waals surface area contributed by atoms with E-state index in [2.05, 4.69) is 25.3 Å². The number of aromatic nitrogens is 4. The third kappa shape index (κ3) is 4.53. The Labute approximate surface area is 179 Å². The molecule has 1 aromatic carbocycles. The molecule has 0 bridgehead atoms. The van der Waals surface area contributed by atoms with E-state index in [0.29, 0.717) is 11.4 Å². The number of hydrogen-bond acceptors (Lipinski definition) is 11. The van der Waals surface area contributed by atoms with Gasteiger partial charge in [0.15, 0.2) is 18.1 Å². The lowest BCUT2D eigenvalue weighted by molar-refractivity contribution is 0.0456. The number of para-hydroxylation sites is 2. The smallest absolute Gasteiger partial charge is 0.358 e. The first kappa shape index (κ1) is 19.7. The Morgan fingerprint density at radius 2 is 2.00 bits per heavy atom. The van der Waals surface area contributed by atoms with Crippen LogP contribution in [0.4, 0.5) is 17.6 Å². The van der Waals surface area contributed by atoms with E-state index in [0.717, 1.165) is 10.6 Å². The van der Waals surface area contributed by atoms with Crippen LogP contribution in [0.1, 0.15) is 16.3 Å². The van der Waals surface area contributed by atoms with E-state index in [9.17, 15) is 4.79 Å². The molecule has 11 heteroatoms. The van der Waals surface area contributed by atoms with Gasteiger partial charge in [0.25, 0.3) is 0 Å². The van der Waals surface area contributed by atoms with E-state index in [4.69, 9.17) is 15.2 Å². The molecule has 0 amide bonds. The number of benzene rings is 1. The van der Waals surface area contributed by atoms with E-state index in [1.165, 1.54) is 11.3 Å². The number of nitrogens with zero attached hydrogens (tertiary/aromatic N) is 4. The monoisotopic (exact) mass is 440 g/mol. The van der Waals surface area contributed by atoms with Crippen molar-refractivity contribution in [1.82, 2.24) is 19.9 Å². The third-order valence-electron chi connectivity index (χ3n) is 3.87. The minimum atomic E-state index is -0.564. The molecule has 0 atom stereocenters. The maximum absolute atomic E-state index is 12.3. The number of nitrogens with two attached hydrogens (primary N) is 1. The van der Waals surface area contributed by atoms with Crippen LogP contribution < -0.4 is 15.8 Å². The van der Waals surface area contributed by atoms with Gasteiger partial charge >= 0.3 is 5.97 Å². The molecule has 3 N–H and O–H groups in total. The number of nitrogen functional groups attached to an aromatic ring is 1. The van der Waals surface area contributed by atoms with E-state index in [-0.39, 0.29) is 30.0 Å². The molecule has 4 aromatic rings. The van der Waals surface area contributed by atoms with Gasteiger partial charge in [-0.3, -0.25) is 0 Å². The molecule has 152 valence electrons. The minimum absolute atomic E-state index is 0.00171. The zero-order chi connectivity index (χ0) is 20.9. The van der Waals surface area contributed by atoms with Crippen LogP contribution in [0.25, 0.3) is 10.6 Å². The summed E-state index contributed by atoms with van der Waals surface area (Å²) < 4.78 is 10.6. The summed E-state index contributed by atoms with van der Waals surface area (Å²) in [6, 6.07) is 9.25. The average Bonchev–Trinajstić information content (AvgIpc) is 3.44. The first-order valence-electron chi connectivity index (χ1n) is 8.68. The van der Waals surface area contributed by atoms with Crippen LogP contribution >= 0.6 is 22.7 Å². The van der Waals surface area contributed by atoms with Crippen LogP contribution in [0.5, 0.6) is 5.75 Å². The minimum Gasteiger partial charge on any atom is -0.495 e. The first-order chi connectivity index (χ1) is 14.6. The van der Waals surface area contributed by atoms with E-state index in [1.807, 2.05) is 35.0 Å². The first-order valence-corrected chi connectivity index (χ1v) is 10.5. The molecule has 0 saturated carbocycles. The average molecular weight is 441 g/mol. The maximum Gasteiger partial charge on any atom is 0.358 e. The number of carbonyl (C=O) groups is 1. The Hall–Kier alpha value is -3.57. The molecule has 3 heterocycles. The van der Waals surface area contributed by atoms with Crippen molar-refractivity contribution >= 4 is 46.2 Å². The highest BCUT2D eigenvalue weighted by Gasteiger charge is 2.15.